The van der Waals surface area contributed by atoms with E-state index in [1.165, 1.54) is 18.1 Å². The van der Waals surface area contributed by atoms with E-state index in [-0.39, 0.29) is 29.9 Å². The van der Waals surface area contributed by atoms with Crippen LogP contribution in [-0.2, 0) is 0 Å². The molecule has 3 rings (SSSR count). The summed E-state index contributed by atoms with van der Waals surface area (Å²) in [7, 11) is 0. The molecule has 1 aliphatic heterocycles. The third-order valence-corrected chi connectivity index (χ3v) is 4.63. The number of nitrogens with one attached hydrogen (secondary N) is 1. The SMILES string of the molecule is Nc1nc2c(ncn2[C@H]2C[C@@H](F)[C@@H](CO)S2)c(=O)[nH]1. The summed E-state index contributed by atoms with van der Waals surface area (Å²) in [5, 5.41) is 8.38. The van der Waals surface area contributed by atoms with Gasteiger partial charge < -0.3 is 15.4 Å². The van der Waals surface area contributed by atoms with Crippen molar-refractivity contribution in [2.75, 3.05) is 12.3 Å². The Hall–Kier alpha value is -1.61. The molecule has 102 valence electrons. The third kappa shape index (κ3) is 1.98. The highest BCUT2D eigenvalue weighted by molar-refractivity contribution is 8.00. The van der Waals surface area contributed by atoms with E-state index in [1.54, 1.807) is 4.57 Å². The van der Waals surface area contributed by atoms with Gasteiger partial charge in [-0.05, 0) is 0 Å². The topological polar surface area (TPSA) is 110 Å². The van der Waals surface area contributed by atoms with E-state index < -0.39 is 17.0 Å². The third-order valence-electron chi connectivity index (χ3n) is 3.10. The first-order valence-corrected chi connectivity index (χ1v) is 6.67. The van der Waals surface area contributed by atoms with Crippen LogP contribution in [0.15, 0.2) is 11.1 Å². The first-order valence-electron chi connectivity index (χ1n) is 5.73. The van der Waals surface area contributed by atoms with Crippen molar-refractivity contribution in [3.05, 3.63) is 16.7 Å². The van der Waals surface area contributed by atoms with Gasteiger partial charge >= 0.3 is 0 Å². The van der Waals surface area contributed by atoms with Crippen molar-refractivity contribution in [1.82, 2.24) is 19.5 Å². The van der Waals surface area contributed by atoms with Crippen molar-refractivity contribution in [2.45, 2.75) is 23.2 Å². The van der Waals surface area contributed by atoms with Crippen LogP contribution in [0.2, 0.25) is 0 Å². The van der Waals surface area contributed by atoms with Crippen molar-refractivity contribution < 1.29 is 9.50 Å². The zero-order chi connectivity index (χ0) is 13.6. The summed E-state index contributed by atoms with van der Waals surface area (Å²) in [5.41, 5.74) is 5.60. The Morgan fingerprint density at radius 2 is 2.47 bits per heavy atom. The smallest absolute Gasteiger partial charge is 0.280 e. The standard InChI is InChI=1S/C10H12FN5O2S/c11-4-1-6(19-5(4)2-17)16-3-13-7-8(16)14-10(12)15-9(7)18/h3-6,17H,1-2H2,(H3,12,14,15,18)/t4-,5-,6-/m1/s1. The molecule has 2 aromatic heterocycles. The first kappa shape index (κ1) is 12.4. The fraction of sp³-hybridized carbons (Fsp3) is 0.500. The number of nitrogens with zero attached hydrogens (tertiary/aromatic N) is 3. The number of fused-ring (bicyclic) bond motifs is 1. The minimum Gasteiger partial charge on any atom is -0.395 e. The highest BCUT2D eigenvalue weighted by Gasteiger charge is 2.36. The van der Waals surface area contributed by atoms with E-state index in [1.807, 2.05) is 0 Å². The summed E-state index contributed by atoms with van der Waals surface area (Å²) in [4.78, 5) is 22.0. The maximum absolute atomic E-state index is 13.7. The Balaban J connectivity index is 2.05. The van der Waals surface area contributed by atoms with Crippen LogP contribution in [0, 0.1) is 0 Å². The molecule has 9 heteroatoms. The molecule has 1 aliphatic rings. The van der Waals surface area contributed by atoms with E-state index in [4.69, 9.17) is 10.8 Å². The second-order valence-corrected chi connectivity index (χ2v) is 5.76. The number of imidazole rings is 1. The van der Waals surface area contributed by atoms with Crippen LogP contribution in [0.5, 0.6) is 0 Å². The van der Waals surface area contributed by atoms with Crippen LogP contribution in [0.4, 0.5) is 10.3 Å². The summed E-state index contributed by atoms with van der Waals surface area (Å²) in [6.07, 6.45) is 0.614. The predicted octanol–water partition coefficient (Wildman–Crippen LogP) is 0.0363. The molecule has 0 amide bonds. The van der Waals surface area contributed by atoms with Crippen molar-refractivity contribution in [3.63, 3.8) is 0 Å². The number of hydrogen-bond donors (Lipinski definition) is 3. The van der Waals surface area contributed by atoms with Gasteiger partial charge in [-0.15, -0.1) is 11.8 Å². The number of aromatic nitrogens is 4. The van der Waals surface area contributed by atoms with Crippen LogP contribution in [0.3, 0.4) is 0 Å². The molecule has 7 nitrogen and oxygen atoms in total. The highest BCUT2D eigenvalue weighted by atomic mass is 32.2. The normalized spacial score (nSPS) is 27.2. The van der Waals surface area contributed by atoms with Crippen LogP contribution in [0.25, 0.3) is 11.2 Å². The second-order valence-electron chi connectivity index (χ2n) is 4.34. The molecule has 4 N–H and O–H groups in total. The predicted molar refractivity (Wildman–Crippen MR) is 69.6 cm³/mol. The number of nitrogens with two attached hydrogens (primary N) is 1. The molecule has 19 heavy (non-hydrogen) atoms. The maximum Gasteiger partial charge on any atom is 0.280 e. The molecule has 1 fully saturated rings. The van der Waals surface area contributed by atoms with E-state index >= 15 is 0 Å². The van der Waals surface area contributed by atoms with Crippen LogP contribution in [-0.4, -0.2) is 42.7 Å². The van der Waals surface area contributed by atoms with Crippen LogP contribution in [0.1, 0.15) is 11.8 Å². The summed E-state index contributed by atoms with van der Waals surface area (Å²) in [6.45, 7) is -0.217. The highest BCUT2D eigenvalue weighted by Crippen LogP contribution is 2.43. The molecule has 0 unspecified atom stereocenters. The molecule has 3 atom stereocenters. The number of alkyl halides is 1. The van der Waals surface area contributed by atoms with Crippen molar-refractivity contribution in [3.8, 4) is 0 Å². The number of anilines is 1. The van der Waals surface area contributed by atoms with Gasteiger partial charge in [0.1, 0.15) is 6.17 Å². The van der Waals surface area contributed by atoms with Gasteiger partial charge in [-0.2, -0.15) is 4.98 Å². The monoisotopic (exact) mass is 285 g/mol. The lowest BCUT2D eigenvalue weighted by molar-refractivity contribution is 0.227. The molecule has 0 bridgehead atoms. The lowest BCUT2D eigenvalue weighted by atomic mass is 10.2. The number of aliphatic hydroxyl groups excluding tert-OH is 1. The molecular weight excluding hydrogens is 273 g/mol. The zero-order valence-electron chi connectivity index (χ0n) is 9.78. The lowest BCUT2D eigenvalue weighted by Gasteiger charge is -2.11. The second kappa shape index (κ2) is 4.49. The molecule has 0 aliphatic carbocycles. The number of aliphatic hydroxyl groups is 1. The molecule has 0 spiro atoms. The van der Waals surface area contributed by atoms with Gasteiger partial charge in [-0.3, -0.25) is 9.78 Å². The minimum absolute atomic E-state index is 0.00208. The summed E-state index contributed by atoms with van der Waals surface area (Å²) in [6, 6.07) is 0. The van der Waals surface area contributed by atoms with Gasteiger partial charge in [-0.1, -0.05) is 0 Å². The van der Waals surface area contributed by atoms with Gasteiger partial charge in [0.2, 0.25) is 5.95 Å². The first-order chi connectivity index (χ1) is 9.10. The number of halogens is 1. The molecule has 2 aromatic rings. The van der Waals surface area contributed by atoms with Crippen molar-refractivity contribution >= 4 is 28.9 Å². The molecule has 1 saturated heterocycles. The number of H-pyrrole nitrogens is 1. The molecular formula is C10H12FN5O2S. The zero-order valence-corrected chi connectivity index (χ0v) is 10.6. The van der Waals surface area contributed by atoms with Crippen molar-refractivity contribution in [2.24, 2.45) is 0 Å². The van der Waals surface area contributed by atoms with Gasteiger partial charge in [-0.25, -0.2) is 9.37 Å². The Kier molecular flexibility index (Phi) is 2.94. The Labute approximate surface area is 111 Å². The van der Waals surface area contributed by atoms with Gasteiger partial charge in [0.15, 0.2) is 11.2 Å². The number of nitrogen functional groups attached to an aromatic ring is 1. The van der Waals surface area contributed by atoms with Gasteiger partial charge in [0.05, 0.1) is 23.6 Å². The van der Waals surface area contributed by atoms with Gasteiger partial charge in [0, 0.05) is 6.42 Å². The fourth-order valence-electron chi connectivity index (χ4n) is 2.18. The number of hydrogen-bond acceptors (Lipinski definition) is 6. The molecule has 0 aromatic carbocycles. The molecule has 0 saturated carbocycles. The summed E-state index contributed by atoms with van der Waals surface area (Å²) >= 11 is 1.31. The van der Waals surface area contributed by atoms with Crippen LogP contribution < -0.4 is 11.3 Å². The number of thioether (sulfide) groups is 1. The fourth-order valence-corrected chi connectivity index (χ4v) is 3.53. The van der Waals surface area contributed by atoms with E-state index in [0.29, 0.717) is 5.65 Å². The average molecular weight is 285 g/mol. The molecule has 0 radical (unpaired) electrons. The quantitative estimate of drug-likeness (QED) is 0.718. The van der Waals surface area contributed by atoms with E-state index in [9.17, 15) is 9.18 Å². The Bertz CT molecular complexity index is 671. The van der Waals surface area contributed by atoms with Crippen molar-refractivity contribution in [1.29, 1.82) is 0 Å². The van der Waals surface area contributed by atoms with Crippen LogP contribution >= 0.6 is 11.8 Å². The number of rotatable bonds is 2. The lowest BCUT2D eigenvalue weighted by Crippen LogP contribution is -2.16. The number of aromatic amines is 1. The average Bonchev–Trinajstić information content (AvgIpc) is 2.92. The minimum atomic E-state index is -1.09. The Morgan fingerprint density at radius 3 is 3.16 bits per heavy atom. The van der Waals surface area contributed by atoms with Gasteiger partial charge in [0.25, 0.3) is 5.56 Å². The maximum atomic E-state index is 13.7. The summed E-state index contributed by atoms with van der Waals surface area (Å²) < 4.78 is 15.3. The Morgan fingerprint density at radius 1 is 1.68 bits per heavy atom. The molecule has 3 heterocycles. The largest absolute Gasteiger partial charge is 0.395 e. The van der Waals surface area contributed by atoms with E-state index in [2.05, 4.69) is 15.0 Å². The summed E-state index contributed by atoms with van der Waals surface area (Å²) in [5.74, 6) is -0.00208. The van der Waals surface area contributed by atoms with E-state index in [0.717, 1.165) is 0 Å².